The number of aromatic nitrogens is 3. The number of ether oxygens (including phenoxy) is 1. The highest BCUT2D eigenvalue weighted by Crippen LogP contribution is 2.21. The van der Waals surface area contributed by atoms with Crippen molar-refractivity contribution in [2.24, 2.45) is 0 Å². The number of likely N-dealkylation sites (N-methyl/N-ethyl adjacent to an activating group) is 1. The lowest BCUT2D eigenvalue weighted by Crippen LogP contribution is -2.36. The minimum Gasteiger partial charge on any atom is -0.496 e. The Hall–Kier alpha value is -2.41. The van der Waals surface area contributed by atoms with Crippen molar-refractivity contribution in [1.29, 1.82) is 0 Å². The Kier molecular flexibility index (Phi) is 5.88. The van der Waals surface area contributed by atoms with Gasteiger partial charge in [0.2, 0.25) is 0 Å². The van der Waals surface area contributed by atoms with Crippen molar-refractivity contribution in [2.75, 3.05) is 27.2 Å². The van der Waals surface area contributed by atoms with Gasteiger partial charge in [-0.05, 0) is 50.9 Å². The number of methoxy groups -OCH3 is 1. The molecule has 0 bridgehead atoms. The van der Waals surface area contributed by atoms with Crippen LogP contribution < -0.4 is 10.1 Å². The molecule has 0 spiro atoms. The molecule has 140 valence electrons. The van der Waals surface area contributed by atoms with Gasteiger partial charge >= 0.3 is 0 Å². The first-order valence-corrected chi connectivity index (χ1v) is 9.11. The number of rotatable bonds is 6. The molecule has 1 amide bonds. The molecule has 2 heterocycles. The smallest absolute Gasteiger partial charge is 0.276 e. The molecule has 1 aliphatic heterocycles. The summed E-state index contributed by atoms with van der Waals surface area (Å²) in [4.78, 5) is 14.5. The maximum atomic E-state index is 12.8. The van der Waals surface area contributed by atoms with Crippen LogP contribution in [0, 0.1) is 0 Å². The lowest BCUT2D eigenvalue weighted by molar-refractivity contribution is 0.0737. The zero-order chi connectivity index (χ0) is 18.5. The minimum absolute atomic E-state index is 0.0165. The van der Waals surface area contributed by atoms with E-state index in [1.807, 2.05) is 42.9 Å². The molecule has 1 aromatic carbocycles. The van der Waals surface area contributed by atoms with E-state index in [4.69, 9.17) is 4.74 Å². The van der Waals surface area contributed by atoms with Gasteiger partial charge in [0.05, 0.1) is 19.3 Å². The van der Waals surface area contributed by atoms with Crippen LogP contribution in [0.25, 0.3) is 0 Å². The second kappa shape index (κ2) is 8.31. The largest absolute Gasteiger partial charge is 0.496 e. The molecule has 1 atom stereocenters. The van der Waals surface area contributed by atoms with Gasteiger partial charge in [0.1, 0.15) is 5.75 Å². The highest BCUT2D eigenvalue weighted by molar-refractivity contribution is 5.91. The number of nitrogens with one attached hydrogen (secondary N) is 1. The third-order valence-electron chi connectivity index (χ3n) is 5.10. The number of hydrogen-bond acceptors (Lipinski definition) is 5. The van der Waals surface area contributed by atoms with E-state index in [0.717, 1.165) is 37.2 Å². The van der Waals surface area contributed by atoms with E-state index in [9.17, 15) is 4.79 Å². The molecule has 1 unspecified atom stereocenters. The molecule has 0 saturated carbocycles. The van der Waals surface area contributed by atoms with E-state index in [2.05, 4.69) is 15.6 Å². The fourth-order valence-corrected chi connectivity index (χ4v) is 3.33. The number of amides is 1. The predicted octanol–water partition coefficient (Wildman–Crippen LogP) is 1.91. The molecule has 26 heavy (non-hydrogen) atoms. The van der Waals surface area contributed by atoms with Crippen LogP contribution in [0.3, 0.4) is 0 Å². The SMILES string of the molecule is COc1ccccc1CC(C)N(C)C(=O)c1cn(C2CCNCC2)nn1. The number of nitrogens with zero attached hydrogens (tertiary/aromatic N) is 4. The van der Waals surface area contributed by atoms with Gasteiger partial charge in [-0.1, -0.05) is 23.4 Å². The fraction of sp³-hybridized carbons (Fsp3) is 0.526. The summed E-state index contributed by atoms with van der Waals surface area (Å²) in [6.45, 7) is 3.98. The molecule has 1 saturated heterocycles. The van der Waals surface area contributed by atoms with Crippen molar-refractivity contribution in [2.45, 2.75) is 38.3 Å². The van der Waals surface area contributed by atoms with Crippen LogP contribution in [0.1, 0.15) is 41.9 Å². The summed E-state index contributed by atoms with van der Waals surface area (Å²) in [7, 11) is 3.48. The Morgan fingerprint density at radius 2 is 2.12 bits per heavy atom. The first-order chi connectivity index (χ1) is 12.6. The Morgan fingerprint density at radius 3 is 2.85 bits per heavy atom. The van der Waals surface area contributed by atoms with E-state index in [1.54, 1.807) is 18.2 Å². The second-order valence-electron chi connectivity index (χ2n) is 6.85. The number of benzene rings is 1. The van der Waals surface area contributed by atoms with Crippen molar-refractivity contribution >= 4 is 5.91 Å². The fourth-order valence-electron chi connectivity index (χ4n) is 3.33. The van der Waals surface area contributed by atoms with Crippen LogP contribution in [0.2, 0.25) is 0 Å². The first-order valence-electron chi connectivity index (χ1n) is 9.11. The molecule has 1 fully saturated rings. The third-order valence-corrected chi connectivity index (χ3v) is 5.10. The van der Waals surface area contributed by atoms with Gasteiger partial charge in [-0.15, -0.1) is 5.10 Å². The van der Waals surface area contributed by atoms with E-state index in [-0.39, 0.29) is 11.9 Å². The maximum absolute atomic E-state index is 12.8. The van der Waals surface area contributed by atoms with Crippen molar-refractivity contribution in [3.63, 3.8) is 0 Å². The van der Waals surface area contributed by atoms with Crippen LogP contribution in [0.4, 0.5) is 0 Å². The van der Waals surface area contributed by atoms with Gasteiger partial charge in [0.15, 0.2) is 5.69 Å². The zero-order valence-corrected chi connectivity index (χ0v) is 15.7. The summed E-state index contributed by atoms with van der Waals surface area (Å²) in [5.74, 6) is 0.740. The first kappa shape index (κ1) is 18.4. The van der Waals surface area contributed by atoms with Gasteiger partial charge in [0, 0.05) is 13.1 Å². The van der Waals surface area contributed by atoms with Crippen molar-refractivity contribution in [3.05, 3.63) is 41.7 Å². The summed E-state index contributed by atoms with van der Waals surface area (Å²) >= 11 is 0. The Bertz CT molecular complexity index is 739. The molecule has 2 aromatic rings. The van der Waals surface area contributed by atoms with Gasteiger partial charge in [0.25, 0.3) is 5.91 Å². The Labute approximate surface area is 154 Å². The Balaban J connectivity index is 1.66. The summed E-state index contributed by atoms with van der Waals surface area (Å²) in [5.41, 5.74) is 1.48. The molecule has 7 nitrogen and oxygen atoms in total. The number of carbonyl (C=O) groups excluding carboxylic acids is 1. The monoisotopic (exact) mass is 357 g/mol. The van der Waals surface area contributed by atoms with E-state index >= 15 is 0 Å². The van der Waals surface area contributed by atoms with Crippen LogP contribution in [0.5, 0.6) is 5.75 Å². The van der Waals surface area contributed by atoms with Gasteiger partial charge in [-0.3, -0.25) is 4.79 Å². The lowest BCUT2D eigenvalue weighted by Gasteiger charge is -2.25. The second-order valence-corrected chi connectivity index (χ2v) is 6.85. The number of para-hydroxylation sites is 1. The predicted molar refractivity (Wildman–Crippen MR) is 99.4 cm³/mol. The number of hydrogen-bond donors (Lipinski definition) is 1. The molecule has 0 aliphatic carbocycles. The Morgan fingerprint density at radius 1 is 1.38 bits per heavy atom. The summed E-state index contributed by atoms with van der Waals surface area (Å²) in [5, 5.41) is 11.6. The van der Waals surface area contributed by atoms with Crippen molar-refractivity contribution < 1.29 is 9.53 Å². The summed E-state index contributed by atoms with van der Waals surface area (Å²) in [6, 6.07) is 8.23. The zero-order valence-electron chi connectivity index (χ0n) is 15.7. The minimum atomic E-state index is -0.104. The van der Waals surface area contributed by atoms with Gasteiger partial charge < -0.3 is 15.0 Å². The lowest BCUT2D eigenvalue weighted by atomic mass is 10.0. The summed E-state index contributed by atoms with van der Waals surface area (Å²) < 4.78 is 7.25. The molecule has 1 N–H and O–H groups in total. The van der Waals surface area contributed by atoms with Gasteiger partial charge in [-0.25, -0.2) is 4.68 Å². The highest BCUT2D eigenvalue weighted by Gasteiger charge is 2.23. The normalized spacial score (nSPS) is 16.3. The van der Waals surface area contributed by atoms with E-state index in [1.165, 1.54) is 0 Å². The standard InChI is InChI=1S/C19H27N5O2/c1-14(12-15-6-4-5-7-18(15)26-3)23(2)19(25)17-13-24(22-21-17)16-8-10-20-11-9-16/h4-7,13-14,16,20H,8-12H2,1-3H3. The average molecular weight is 357 g/mol. The topological polar surface area (TPSA) is 72.3 Å². The van der Waals surface area contributed by atoms with E-state index < -0.39 is 0 Å². The van der Waals surface area contributed by atoms with Crippen molar-refractivity contribution in [3.8, 4) is 5.75 Å². The quantitative estimate of drug-likeness (QED) is 0.855. The molecular weight excluding hydrogens is 330 g/mol. The number of carbonyl (C=O) groups is 1. The van der Waals surface area contributed by atoms with Crippen LogP contribution in [0.15, 0.2) is 30.5 Å². The average Bonchev–Trinajstić information content (AvgIpc) is 3.18. The highest BCUT2D eigenvalue weighted by atomic mass is 16.5. The van der Waals surface area contributed by atoms with Crippen LogP contribution in [-0.2, 0) is 6.42 Å². The van der Waals surface area contributed by atoms with E-state index in [0.29, 0.717) is 18.2 Å². The number of piperidine rings is 1. The van der Waals surface area contributed by atoms with Crippen molar-refractivity contribution in [1.82, 2.24) is 25.2 Å². The molecule has 7 heteroatoms. The van der Waals surface area contributed by atoms with Crippen LogP contribution in [-0.4, -0.2) is 59.1 Å². The molecule has 1 aromatic heterocycles. The van der Waals surface area contributed by atoms with Crippen LogP contribution >= 0.6 is 0 Å². The summed E-state index contributed by atoms with van der Waals surface area (Å²) in [6.07, 6.45) is 4.52. The molecular formula is C19H27N5O2. The molecule has 0 radical (unpaired) electrons. The maximum Gasteiger partial charge on any atom is 0.276 e. The third kappa shape index (κ3) is 4.04. The molecule has 3 rings (SSSR count). The molecule has 1 aliphatic rings. The van der Waals surface area contributed by atoms with Gasteiger partial charge in [-0.2, -0.15) is 0 Å².